The van der Waals surface area contributed by atoms with Gasteiger partial charge < -0.3 is 5.73 Å². The summed E-state index contributed by atoms with van der Waals surface area (Å²) in [5.74, 6) is 0.678. The Bertz CT molecular complexity index is 525. The van der Waals surface area contributed by atoms with Gasteiger partial charge in [-0.25, -0.2) is 13.1 Å². The minimum Gasteiger partial charge on any atom is -0.399 e. The molecule has 0 aromatic heterocycles. The Morgan fingerprint density at radius 3 is 2.78 bits per heavy atom. The summed E-state index contributed by atoms with van der Waals surface area (Å²) in [6.45, 7) is 1.94. The van der Waals surface area contributed by atoms with Crippen LogP contribution in [0.3, 0.4) is 0 Å². The number of nitrogens with two attached hydrogens (primary N) is 1. The van der Waals surface area contributed by atoms with E-state index < -0.39 is 10.0 Å². The smallest absolute Gasteiger partial charge is 0.212 e. The highest BCUT2D eigenvalue weighted by Gasteiger charge is 2.40. The molecule has 18 heavy (non-hydrogen) atoms. The molecule has 0 heterocycles. The molecule has 0 spiro atoms. The fourth-order valence-corrected chi connectivity index (χ4v) is 4.49. The minimum absolute atomic E-state index is 0.141. The fraction of sp³-hybridized carbons (Fsp3) is 0.500. The van der Waals surface area contributed by atoms with Gasteiger partial charge in [-0.3, -0.25) is 0 Å². The third kappa shape index (κ3) is 4.19. The number of anilines is 1. The van der Waals surface area contributed by atoms with Crippen molar-refractivity contribution in [3.63, 3.8) is 0 Å². The first-order chi connectivity index (χ1) is 8.39. The maximum atomic E-state index is 11.8. The van der Waals surface area contributed by atoms with Gasteiger partial charge in [0, 0.05) is 21.9 Å². The molecule has 1 aromatic rings. The van der Waals surface area contributed by atoms with Crippen LogP contribution in [0, 0.1) is 0 Å². The van der Waals surface area contributed by atoms with E-state index in [0.717, 1.165) is 17.7 Å². The highest BCUT2D eigenvalue weighted by atomic mass is 32.2. The van der Waals surface area contributed by atoms with Crippen molar-refractivity contribution in [2.75, 3.05) is 17.2 Å². The summed E-state index contributed by atoms with van der Waals surface area (Å²) in [7, 11) is -3.16. The quantitative estimate of drug-likeness (QED) is 0.618. The Morgan fingerprint density at radius 2 is 2.17 bits per heavy atom. The summed E-state index contributed by atoms with van der Waals surface area (Å²) in [5, 5.41) is 0. The molecular weight excluding hydrogens is 268 g/mol. The second kappa shape index (κ2) is 5.11. The van der Waals surface area contributed by atoms with E-state index in [2.05, 4.69) is 4.72 Å². The third-order valence-corrected chi connectivity index (χ3v) is 5.68. The summed E-state index contributed by atoms with van der Waals surface area (Å²) < 4.78 is 26.3. The Hall–Kier alpha value is -0.720. The summed E-state index contributed by atoms with van der Waals surface area (Å²) in [6.07, 6.45) is 1.88. The van der Waals surface area contributed by atoms with Crippen molar-refractivity contribution >= 4 is 27.5 Å². The zero-order chi connectivity index (χ0) is 13.2. The van der Waals surface area contributed by atoms with Gasteiger partial charge in [0.05, 0.1) is 5.75 Å². The molecule has 100 valence electrons. The Morgan fingerprint density at radius 1 is 1.44 bits per heavy atom. The molecule has 0 saturated heterocycles. The Labute approximate surface area is 112 Å². The van der Waals surface area contributed by atoms with Gasteiger partial charge in [0.2, 0.25) is 10.0 Å². The van der Waals surface area contributed by atoms with Crippen LogP contribution in [0.2, 0.25) is 0 Å². The van der Waals surface area contributed by atoms with E-state index in [1.165, 1.54) is 11.8 Å². The van der Waals surface area contributed by atoms with Crippen molar-refractivity contribution in [1.29, 1.82) is 0 Å². The van der Waals surface area contributed by atoms with Gasteiger partial charge in [-0.2, -0.15) is 0 Å². The standard InChI is InChI=1S/C12H18N2O2S2/c1-12(5-6-12)14-18(15,16)8-7-17-11-4-2-3-10(13)9-11/h2-4,9,14H,5-8,13H2,1H3. The Kier molecular flexibility index (Phi) is 3.89. The molecule has 1 aliphatic carbocycles. The van der Waals surface area contributed by atoms with E-state index in [1.54, 1.807) is 0 Å². The summed E-state index contributed by atoms with van der Waals surface area (Å²) >= 11 is 1.51. The van der Waals surface area contributed by atoms with Crippen molar-refractivity contribution in [1.82, 2.24) is 4.72 Å². The zero-order valence-electron chi connectivity index (χ0n) is 10.3. The van der Waals surface area contributed by atoms with Gasteiger partial charge in [-0.05, 0) is 38.0 Å². The van der Waals surface area contributed by atoms with E-state index in [-0.39, 0.29) is 11.3 Å². The number of hydrogen-bond acceptors (Lipinski definition) is 4. The zero-order valence-corrected chi connectivity index (χ0v) is 12.0. The van der Waals surface area contributed by atoms with Crippen LogP contribution < -0.4 is 10.5 Å². The maximum Gasteiger partial charge on any atom is 0.212 e. The van der Waals surface area contributed by atoms with Crippen LogP contribution in [-0.4, -0.2) is 25.5 Å². The summed E-state index contributed by atoms with van der Waals surface area (Å²) in [6, 6.07) is 7.47. The molecule has 6 heteroatoms. The number of rotatable bonds is 6. The van der Waals surface area contributed by atoms with Gasteiger partial charge >= 0.3 is 0 Å². The molecule has 1 fully saturated rings. The number of hydrogen-bond donors (Lipinski definition) is 2. The highest BCUT2D eigenvalue weighted by Crippen LogP contribution is 2.35. The van der Waals surface area contributed by atoms with Gasteiger partial charge in [-0.15, -0.1) is 11.8 Å². The molecular formula is C12H18N2O2S2. The first-order valence-electron chi connectivity index (χ1n) is 5.89. The molecule has 0 radical (unpaired) electrons. The maximum absolute atomic E-state index is 11.8. The van der Waals surface area contributed by atoms with Gasteiger partial charge in [0.1, 0.15) is 0 Å². The van der Waals surface area contributed by atoms with Crippen molar-refractivity contribution in [2.24, 2.45) is 0 Å². The molecule has 0 atom stereocenters. The van der Waals surface area contributed by atoms with Crippen molar-refractivity contribution in [2.45, 2.75) is 30.2 Å². The van der Waals surface area contributed by atoms with E-state index in [4.69, 9.17) is 5.73 Å². The predicted octanol–water partition coefficient (Wildman–Crippen LogP) is 1.83. The van der Waals surface area contributed by atoms with Gasteiger partial charge in [0.15, 0.2) is 0 Å². The highest BCUT2D eigenvalue weighted by molar-refractivity contribution is 8.00. The first kappa shape index (κ1) is 13.7. The molecule has 0 amide bonds. The van der Waals surface area contributed by atoms with Crippen molar-refractivity contribution in [3.8, 4) is 0 Å². The van der Waals surface area contributed by atoms with E-state index >= 15 is 0 Å². The topological polar surface area (TPSA) is 72.2 Å². The molecule has 1 aromatic carbocycles. The normalized spacial score (nSPS) is 17.6. The van der Waals surface area contributed by atoms with Crippen molar-refractivity contribution in [3.05, 3.63) is 24.3 Å². The summed E-state index contributed by atoms with van der Waals surface area (Å²) in [5.41, 5.74) is 6.18. The molecule has 1 aliphatic rings. The lowest BCUT2D eigenvalue weighted by Gasteiger charge is -2.11. The fourth-order valence-electron chi connectivity index (χ4n) is 1.59. The predicted molar refractivity (Wildman–Crippen MR) is 76.1 cm³/mol. The van der Waals surface area contributed by atoms with E-state index in [0.29, 0.717) is 11.4 Å². The SMILES string of the molecule is CC1(NS(=O)(=O)CCSc2cccc(N)c2)CC1. The van der Waals surface area contributed by atoms with Gasteiger partial charge in [0.25, 0.3) is 0 Å². The third-order valence-electron chi connectivity index (χ3n) is 2.88. The molecule has 0 aliphatic heterocycles. The lowest BCUT2D eigenvalue weighted by molar-refractivity contribution is 0.559. The second-order valence-electron chi connectivity index (χ2n) is 4.90. The van der Waals surface area contributed by atoms with Crippen LogP contribution in [0.15, 0.2) is 29.2 Å². The van der Waals surface area contributed by atoms with Crippen LogP contribution in [0.1, 0.15) is 19.8 Å². The average Bonchev–Trinajstić information content (AvgIpc) is 2.94. The number of nitrogen functional groups attached to an aromatic ring is 1. The van der Waals surface area contributed by atoms with Crippen molar-refractivity contribution < 1.29 is 8.42 Å². The van der Waals surface area contributed by atoms with Crippen LogP contribution in [-0.2, 0) is 10.0 Å². The second-order valence-corrected chi connectivity index (χ2v) is 7.91. The van der Waals surface area contributed by atoms with E-state index in [9.17, 15) is 8.42 Å². The van der Waals surface area contributed by atoms with Crippen LogP contribution >= 0.6 is 11.8 Å². The van der Waals surface area contributed by atoms with Crippen LogP contribution in [0.4, 0.5) is 5.69 Å². The number of nitrogens with one attached hydrogen (secondary N) is 1. The monoisotopic (exact) mass is 286 g/mol. The Balaban J connectivity index is 1.81. The largest absolute Gasteiger partial charge is 0.399 e. The number of thioether (sulfide) groups is 1. The average molecular weight is 286 g/mol. The molecule has 2 rings (SSSR count). The van der Waals surface area contributed by atoms with Gasteiger partial charge in [-0.1, -0.05) is 6.07 Å². The number of benzene rings is 1. The van der Waals surface area contributed by atoms with Crippen LogP contribution in [0.5, 0.6) is 0 Å². The number of sulfonamides is 1. The molecule has 0 bridgehead atoms. The van der Waals surface area contributed by atoms with E-state index in [1.807, 2.05) is 31.2 Å². The minimum atomic E-state index is -3.16. The molecule has 4 nitrogen and oxygen atoms in total. The first-order valence-corrected chi connectivity index (χ1v) is 8.52. The van der Waals surface area contributed by atoms with Crippen LogP contribution in [0.25, 0.3) is 0 Å². The lowest BCUT2D eigenvalue weighted by atomic mass is 10.3. The molecule has 0 unspecified atom stereocenters. The molecule has 1 saturated carbocycles. The lowest BCUT2D eigenvalue weighted by Crippen LogP contribution is -2.36. The summed E-state index contributed by atoms with van der Waals surface area (Å²) in [4.78, 5) is 1.00. The molecule has 3 N–H and O–H groups in total.